The van der Waals surface area contributed by atoms with Gasteiger partial charge in [-0.1, -0.05) is 13.8 Å². The SMILES string of the molecule is CC(C)[C@H]1[C@H](C)N(C)C(=O)N1c1ccnc(N[C@@H](C)c2cn(-c3ccc(C(F)(F)F)cc3)cn2)n1. The standard InChI is InChI=1S/C24H28F3N7O/c1-14(2)21-16(4)32(5)23(35)34(21)20-10-11-28-22(31-20)30-15(3)19-12-33(13-29-19)18-8-6-17(7-9-18)24(25,26)27/h6-16,21H,1-5H3,(H,28,30,31)/t15-,16-,21-/m0/s1. The molecule has 2 aromatic heterocycles. The molecule has 3 heterocycles. The Balaban J connectivity index is 1.51. The normalized spacial score (nSPS) is 19.5. The first-order valence-electron chi connectivity index (χ1n) is 11.3. The van der Waals surface area contributed by atoms with Gasteiger partial charge in [-0.05, 0) is 50.1 Å². The van der Waals surface area contributed by atoms with Gasteiger partial charge in [0.25, 0.3) is 0 Å². The van der Waals surface area contributed by atoms with Crippen LogP contribution in [0.1, 0.15) is 45.0 Å². The van der Waals surface area contributed by atoms with Gasteiger partial charge in [-0.25, -0.2) is 14.8 Å². The number of imidazole rings is 1. The molecule has 0 saturated carbocycles. The van der Waals surface area contributed by atoms with Crippen LogP contribution in [0.5, 0.6) is 0 Å². The van der Waals surface area contributed by atoms with Gasteiger partial charge in [0.2, 0.25) is 5.95 Å². The van der Waals surface area contributed by atoms with Crippen molar-refractivity contribution < 1.29 is 18.0 Å². The number of hydrogen-bond acceptors (Lipinski definition) is 5. The number of likely N-dealkylation sites (N-methyl/N-ethyl adjacent to an activating group) is 1. The van der Waals surface area contributed by atoms with Gasteiger partial charge in [0, 0.05) is 25.1 Å². The first kappa shape index (κ1) is 24.5. The van der Waals surface area contributed by atoms with E-state index in [0.29, 0.717) is 23.1 Å². The summed E-state index contributed by atoms with van der Waals surface area (Å²) in [7, 11) is 1.79. The molecule has 1 aliphatic heterocycles. The average molecular weight is 488 g/mol. The van der Waals surface area contributed by atoms with Crippen LogP contribution >= 0.6 is 0 Å². The fourth-order valence-corrected chi connectivity index (χ4v) is 4.37. The number of benzene rings is 1. The van der Waals surface area contributed by atoms with Crippen molar-refractivity contribution in [3.8, 4) is 5.69 Å². The lowest BCUT2D eigenvalue weighted by atomic mass is 9.97. The number of aromatic nitrogens is 4. The highest BCUT2D eigenvalue weighted by Crippen LogP contribution is 2.32. The summed E-state index contributed by atoms with van der Waals surface area (Å²) in [5.74, 6) is 1.10. The molecule has 0 spiro atoms. The zero-order valence-corrected chi connectivity index (χ0v) is 20.2. The number of nitrogens with one attached hydrogen (secondary N) is 1. The third kappa shape index (κ3) is 4.80. The summed E-state index contributed by atoms with van der Waals surface area (Å²) in [6, 6.07) is 6.21. The van der Waals surface area contributed by atoms with E-state index >= 15 is 0 Å². The maximum atomic E-state index is 12.9. The van der Waals surface area contributed by atoms with Gasteiger partial charge in [-0.15, -0.1) is 0 Å². The number of hydrogen-bond donors (Lipinski definition) is 1. The Labute approximate surface area is 201 Å². The summed E-state index contributed by atoms with van der Waals surface area (Å²) in [4.78, 5) is 29.6. The predicted octanol–water partition coefficient (Wildman–Crippen LogP) is 5.14. The van der Waals surface area contributed by atoms with E-state index < -0.39 is 11.7 Å². The lowest BCUT2D eigenvalue weighted by Crippen LogP contribution is -2.40. The number of nitrogens with zero attached hydrogens (tertiary/aromatic N) is 6. The third-order valence-corrected chi connectivity index (χ3v) is 6.37. The van der Waals surface area contributed by atoms with Crippen LogP contribution in [0.3, 0.4) is 0 Å². The summed E-state index contributed by atoms with van der Waals surface area (Å²) >= 11 is 0. The molecule has 0 radical (unpaired) electrons. The van der Waals surface area contributed by atoms with Crippen LogP contribution in [0.25, 0.3) is 5.69 Å². The topological polar surface area (TPSA) is 79.2 Å². The maximum Gasteiger partial charge on any atom is 0.416 e. The highest BCUT2D eigenvalue weighted by molar-refractivity contribution is 5.94. The monoisotopic (exact) mass is 487 g/mol. The second-order valence-electron chi connectivity index (χ2n) is 9.09. The molecule has 1 N–H and O–H groups in total. The van der Waals surface area contributed by atoms with Gasteiger partial charge in [-0.3, -0.25) is 4.90 Å². The Kier molecular flexibility index (Phi) is 6.44. The lowest BCUT2D eigenvalue weighted by molar-refractivity contribution is -0.137. The van der Waals surface area contributed by atoms with Gasteiger partial charge < -0.3 is 14.8 Å². The average Bonchev–Trinajstić information content (AvgIpc) is 3.39. The molecule has 0 bridgehead atoms. The third-order valence-electron chi connectivity index (χ3n) is 6.37. The molecule has 0 aliphatic carbocycles. The van der Waals surface area contributed by atoms with Crippen LogP contribution < -0.4 is 10.2 Å². The minimum Gasteiger partial charge on any atom is -0.346 e. The van der Waals surface area contributed by atoms with Crippen LogP contribution in [0, 0.1) is 5.92 Å². The molecule has 3 atom stereocenters. The summed E-state index contributed by atoms with van der Waals surface area (Å²) in [5, 5.41) is 3.20. The summed E-state index contributed by atoms with van der Waals surface area (Å²) in [5.41, 5.74) is 0.516. The van der Waals surface area contributed by atoms with E-state index in [2.05, 4.69) is 34.1 Å². The number of carbonyl (C=O) groups is 1. The number of urea groups is 1. The van der Waals surface area contributed by atoms with Crippen molar-refractivity contribution in [3.63, 3.8) is 0 Å². The molecule has 4 rings (SSSR count). The van der Waals surface area contributed by atoms with E-state index in [0.717, 1.165) is 12.1 Å². The van der Waals surface area contributed by atoms with Crippen LogP contribution in [0.4, 0.5) is 29.7 Å². The van der Waals surface area contributed by atoms with Crippen molar-refractivity contribution in [1.29, 1.82) is 0 Å². The molecule has 1 fully saturated rings. The van der Waals surface area contributed by atoms with Crippen molar-refractivity contribution in [3.05, 3.63) is 60.3 Å². The van der Waals surface area contributed by atoms with E-state index in [1.807, 2.05) is 13.8 Å². The van der Waals surface area contributed by atoms with Crippen molar-refractivity contribution in [2.75, 3.05) is 17.3 Å². The Hall–Kier alpha value is -3.63. The molecule has 3 aromatic rings. The number of carbonyl (C=O) groups excluding carboxylic acids is 1. The van der Waals surface area contributed by atoms with Gasteiger partial charge in [0.05, 0.1) is 35.7 Å². The van der Waals surface area contributed by atoms with Crippen molar-refractivity contribution in [2.45, 2.75) is 52.0 Å². The van der Waals surface area contributed by atoms with Crippen molar-refractivity contribution in [2.24, 2.45) is 5.92 Å². The van der Waals surface area contributed by atoms with E-state index in [4.69, 9.17) is 0 Å². The zero-order chi connectivity index (χ0) is 25.5. The maximum absolute atomic E-state index is 12.9. The number of halogens is 3. The lowest BCUT2D eigenvalue weighted by Gasteiger charge is -2.28. The molecule has 2 amide bonds. The van der Waals surface area contributed by atoms with Gasteiger partial charge in [0.15, 0.2) is 0 Å². The second kappa shape index (κ2) is 9.20. The van der Waals surface area contributed by atoms with E-state index in [-0.39, 0.29) is 30.1 Å². The van der Waals surface area contributed by atoms with E-state index in [1.165, 1.54) is 12.1 Å². The predicted molar refractivity (Wildman–Crippen MR) is 126 cm³/mol. The fourth-order valence-electron chi connectivity index (χ4n) is 4.37. The van der Waals surface area contributed by atoms with Gasteiger partial charge >= 0.3 is 12.2 Å². The number of rotatable bonds is 6. The Morgan fingerprint density at radius 1 is 1.06 bits per heavy atom. The summed E-state index contributed by atoms with van der Waals surface area (Å²) < 4.78 is 40.1. The van der Waals surface area contributed by atoms with Crippen LogP contribution in [0.15, 0.2) is 49.1 Å². The molecule has 0 unspecified atom stereocenters. The van der Waals surface area contributed by atoms with E-state index in [1.54, 1.807) is 46.2 Å². The molecule has 11 heteroatoms. The van der Waals surface area contributed by atoms with Crippen LogP contribution in [0.2, 0.25) is 0 Å². The second-order valence-corrected chi connectivity index (χ2v) is 9.09. The molecule has 8 nitrogen and oxygen atoms in total. The number of anilines is 2. The Bertz CT molecular complexity index is 1190. The molecule has 1 aromatic carbocycles. The first-order chi connectivity index (χ1) is 16.5. The zero-order valence-electron chi connectivity index (χ0n) is 20.2. The summed E-state index contributed by atoms with van der Waals surface area (Å²) in [6.45, 7) is 8.06. The summed E-state index contributed by atoms with van der Waals surface area (Å²) in [6.07, 6.45) is 0.500. The van der Waals surface area contributed by atoms with Crippen LogP contribution in [-0.4, -0.2) is 49.6 Å². The number of amides is 2. The van der Waals surface area contributed by atoms with Crippen LogP contribution in [-0.2, 0) is 6.18 Å². The largest absolute Gasteiger partial charge is 0.416 e. The van der Waals surface area contributed by atoms with Crippen molar-refractivity contribution in [1.82, 2.24) is 24.4 Å². The minimum absolute atomic E-state index is 0.0212. The molecular formula is C24H28F3N7O. The quantitative estimate of drug-likeness (QED) is 0.521. The molecule has 35 heavy (non-hydrogen) atoms. The molecule has 186 valence electrons. The Morgan fingerprint density at radius 3 is 2.37 bits per heavy atom. The Morgan fingerprint density at radius 2 is 1.74 bits per heavy atom. The van der Waals surface area contributed by atoms with Gasteiger partial charge in [0.1, 0.15) is 5.82 Å². The van der Waals surface area contributed by atoms with Gasteiger partial charge in [-0.2, -0.15) is 18.2 Å². The molecule has 1 aliphatic rings. The smallest absolute Gasteiger partial charge is 0.346 e. The highest BCUT2D eigenvalue weighted by Gasteiger charge is 2.44. The minimum atomic E-state index is -4.38. The first-order valence-corrected chi connectivity index (χ1v) is 11.3. The van der Waals surface area contributed by atoms with E-state index in [9.17, 15) is 18.0 Å². The van der Waals surface area contributed by atoms with Crippen molar-refractivity contribution >= 4 is 17.8 Å². The molecule has 1 saturated heterocycles. The number of alkyl halides is 3. The fraction of sp³-hybridized carbons (Fsp3) is 0.417. The highest BCUT2D eigenvalue weighted by atomic mass is 19.4. The molecular weight excluding hydrogens is 459 g/mol.